The van der Waals surface area contributed by atoms with Gasteiger partial charge in [-0.25, -0.2) is 6.57 Å². The van der Waals surface area contributed by atoms with Crippen molar-refractivity contribution < 1.29 is 21.1 Å². The van der Waals surface area contributed by atoms with Crippen LogP contribution in [-0.2, 0) is 27.6 Å². The molecular formula is C4H3N4W+. The molecule has 0 aliphatic carbocycles. The first-order valence-corrected chi connectivity index (χ1v) is 2.06. The van der Waals surface area contributed by atoms with Crippen LogP contribution in [0, 0.1) is 6.57 Å². The van der Waals surface area contributed by atoms with Crippen molar-refractivity contribution in [2.45, 2.75) is 6.54 Å². The maximum absolute atomic E-state index is 6.40. The SMILES string of the molecule is [C-]#[N+]Cc1ncn[n-]1.[W+2]. The van der Waals surface area contributed by atoms with E-state index in [0.29, 0.717) is 5.82 Å². The van der Waals surface area contributed by atoms with Crippen LogP contribution < -0.4 is 5.10 Å². The normalized spacial score (nSPS) is 7.44. The van der Waals surface area contributed by atoms with E-state index in [-0.39, 0.29) is 27.6 Å². The average molecular weight is 291 g/mol. The van der Waals surface area contributed by atoms with Gasteiger partial charge in [0.15, 0.2) is 0 Å². The molecule has 0 saturated heterocycles. The van der Waals surface area contributed by atoms with E-state index in [4.69, 9.17) is 6.57 Å². The molecule has 0 N–H and O–H groups in total. The quantitative estimate of drug-likeness (QED) is 0.676. The summed E-state index contributed by atoms with van der Waals surface area (Å²) in [4.78, 5) is 6.73. The van der Waals surface area contributed by atoms with Gasteiger partial charge in [0, 0.05) is 12.2 Å². The molecule has 0 fully saturated rings. The molecule has 0 bridgehead atoms. The van der Waals surface area contributed by atoms with Crippen molar-refractivity contribution in [3.05, 3.63) is 23.6 Å². The van der Waals surface area contributed by atoms with E-state index in [9.17, 15) is 0 Å². The number of aromatic nitrogens is 3. The first-order chi connectivity index (χ1) is 3.93. The Balaban J connectivity index is 0.000000640. The van der Waals surface area contributed by atoms with Crippen LogP contribution in [-0.4, -0.2) is 10.1 Å². The van der Waals surface area contributed by atoms with Crippen LogP contribution in [0.2, 0.25) is 0 Å². The van der Waals surface area contributed by atoms with Gasteiger partial charge in [-0.1, -0.05) is 0 Å². The molecule has 0 aliphatic heterocycles. The minimum atomic E-state index is 0. The third-order valence-electron chi connectivity index (χ3n) is 0.652. The summed E-state index contributed by atoms with van der Waals surface area (Å²) in [5.41, 5.74) is 0. The van der Waals surface area contributed by atoms with E-state index in [2.05, 4.69) is 20.0 Å². The molecular weight excluding hydrogens is 288 g/mol. The second kappa shape index (κ2) is 4.22. The third kappa shape index (κ3) is 2.38. The molecule has 0 amide bonds. The maximum atomic E-state index is 6.40. The van der Waals surface area contributed by atoms with Crippen molar-refractivity contribution in [2.75, 3.05) is 0 Å². The molecule has 0 saturated carbocycles. The summed E-state index contributed by atoms with van der Waals surface area (Å²) in [5, 5.41) is 6.97. The summed E-state index contributed by atoms with van der Waals surface area (Å²) >= 11 is 0. The summed E-state index contributed by atoms with van der Waals surface area (Å²) in [5.74, 6) is 0.500. The Morgan fingerprint density at radius 3 is 3.00 bits per heavy atom. The van der Waals surface area contributed by atoms with Crippen LogP contribution in [0.1, 0.15) is 5.82 Å². The molecule has 1 heterocycles. The summed E-state index contributed by atoms with van der Waals surface area (Å²) in [7, 11) is 0. The monoisotopic (exact) mass is 291 g/mol. The Kier molecular flexibility index (Phi) is 3.90. The molecule has 9 heavy (non-hydrogen) atoms. The number of nitrogens with zero attached hydrogens (tertiary/aromatic N) is 4. The molecule has 0 aromatic carbocycles. The fourth-order valence-electron chi connectivity index (χ4n) is 0.354. The Bertz CT molecular complexity index is 187. The van der Waals surface area contributed by atoms with Crippen molar-refractivity contribution in [1.29, 1.82) is 0 Å². The smallest absolute Gasteiger partial charge is 0.423 e. The molecule has 0 aliphatic rings. The van der Waals surface area contributed by atoms with Gasteiger partial charge in [-0.3, -0.25) is 5.10 Å². The Hall–Kier alpha value is -0.682. The molecule has 1 rings (SSSR count). The molecule has 5 heteroatoms. The summed E-state index contributed by atoms with van der Waals surface area (Å²) in [6.07, 6.45) is 1.33. The van der Waals surface area contributed by atoms with Crippen LogP contribution in [0.4, 0.5) is 0 Å². The van der Waals surface area contributed by atoms with Gasteiger partial charge in [0.1, 0.15) is 0 Å². The van der Waals surface area contributed by atoms with Crippen molar-refractivity contribution in [2.24, 2.45) is 0 Å². The predicted octanol–water partition coefficient (Wildman–Crippen LogP) is -0.149. The second-order valence-electron chi connectivity index (χ2n) is 1.19. The largest absolute Gasteiger partial charge is 2.00 e. The number of hydrogen-bond donors (Lipinski definition) is 0. The van der Waals surface area contributed by atoms with Gasteiger partial charge < -0.3 is 14.9 Å². The molecule has 0 radical (unpaired) electrons. The van der Waals surface area contributed by atoms with Gasteiger partial charge in [0.25, 0.3) is 0 Å². The van der Waals surface area contributed by atoms with Crippen LogP contribution >= 0.6 is 0 Å². The van der Waals surface area contributed by atoms with Gasteiger partial charge in [0.05, 0.1) is 0 Å². The zero-order valence-corrected chi connectivity index (χ0v) is 7.41. The Labute approximate surface area is 66.8 Å². The zero-order chi connectivity index (χ0) is 5.82. The number of rotatable bonds is 1. The van der Waals surface area contributed by atoms with Crippen LogP contribution in [0.25, 0.3) is 4.85 Å². The Morgan fingerprint density at radius 2 is 2.56 bits per heavy atom. The molecule has 44 valence electrons. The minimum Gasteiger partial charge on any atom is -0.423 e. The van der Waals surface area contributed by atoms with E-state index in [0.717, 1.165) is 0 Å². The molecule has 0 atom stereocenters. The predicted molar refractivity (Wildman–Crippen MR) is 25.7 cm³/mol. The fraction of sp³-hybridized carbons (Fsp3) is 0.250. The van der Waals surface area contributed by atoms with Crippen molar-refractivity contribution in [3.8, 4) is 0 Å². The average Bonchev–Trinajstić information content (AvgIpc) is 2.19. The topological polar surface area (TPSA) is 44.2 Å². The second-order valence-corrected chi connectivity index (χ2v) is 1.19. The third-order valence-corrected chi connectivity index (χ3v) is 0.652. The van der Waals surface area contributed by atoms with Gasteiger partial charge >= 0.3 is 21.1 Å². The summed E-state index contributed by atoms with van der Waals surface area (Å²) < 4.78 is 0. The van der Waals surface area contributed by atoms with E-state index in [1.807, 2.05) is 0 Å². The van der Waals surface area contributed by atoms with Gasteiger partial charge in [-0.2, -0.15) is 0 Å². The van der Waals surface area contributed by atoms with E-state index < -0.39 is 0 Å². The zero-order valence-electron chi connectivity index (χ0n) is 4.48. The standard InChI is InChI=1S/C4H3N4.W/c1-5-2-4-6-3-7-8-4;/h3H,2H2;/q-1;+2. The van der Waals surface area contributed by atoms with Crippen LogP contribution in [0.15, 0.2) is 6.33 Å². The van der Waals surface area contributed by atoms with E-state index in [1.165, 1.54) is 6.33 Å². The molecule has 0 unspecified atom stereocenters. The van der Waals surface area contributed by atoms with Crippen LogP contribution in [0.5, 0.6) is 0 Å². The summed E-state index contributed by atoms with van der Waals surface area (Å²) in [6.45, 7) is 6.63. The van der Waals surface area contributed by atoms with Gasteiger partial charge in [0.2, 0.25) is 6.54 Å². The Morgan fingerprint density at radius 1 is 1.78 bits per heavy atom. The number of hydrogen-bond acceptors (Lipinski definition) is 2. The minimum absolute atomic E-state index is 0. The molecule has 0 spiro atoms. The van der Waals surface area contributed by atoms with E-state index >= 15 is 0 Å². The van der Waals surface area contributed by atoms with Crippen LogP contribution in [0.3, 0.4) is 0 Å². The molecule has 1 aromatic rings. The first-order valence-electron chi connectivity index (χ1n) is 2.06. The summed E-state index contributed by atoms with van der Waals surface area (Å²) in [6, 6.07) is 0. The van der Waals surface area contributed by atoms with Crippen molar-refractivity contribution >= 4 is 0 Å². The first kappa shape index (κ1) is 8.32. The van der Waals surface area contributed by atoms with Gasteiger partial charge in [-0.15, -0.1) is 0 Å². The fourth-order valence-corrected chi connectivity index (χ4v) is 0.354. The van der Waals surface area contributed by atoms with Crippen molar-refractivity contribution in [1.82, 2.24) is 15.2 Å². The maximum Gasteiger partial charge on any atom is 2.00 e. The van der Waals surface area contributed by atoms with Crippen molar-refractivity contribution in [3.63, 3.8) is 0 Å². The molecule has 1 aromatic heterocycles. The van der Waals surface area contributed by atoms with Gasteiger partial charge in [-0.05, 0) is 0 Å². The molecule has 4 nitrogen and oxygen atoms in total. The van der Waals surface area contributed by atoms with E-state index in [1.54, 1.807) is 0 Å².